The van der Waals surface area contributed by atoms with E-state index in [9.17, 15) is 54.6 Å². The Balaban J connectivity index is 1.46. The van der Waals surface area contributed by atoms with E-state index in [1.54, 1.807) is 0 Å². The molecule has 1 aromatic rings. The lowest BCUT2D eigenvalue weighted by Crippen LogP contribution is -2.57. The van der Waals surface area contributed by atoms with E-state index in [-0.39, 0.29) is 58.4 Å². The fraction of sp³-hybridized carbons (Fsp3) is 0.686. The van der Waals surface area contributed by atoms with E-state index in [2.05, 4.69) is 16.0 Å². The Kier molecular flexibility index (Phi) is 18.9. The molecule has 0 unspecified atom stereocenters. The molecule has 20 nitrogen and oxygen atoms in total. The van der Waals surface area contributed by atoms with Gasteiger partial charge in [0.2, 0.25) is 29.5 Å². The van der Waals surface area contributed by atoms with Crippen LogP contribution in [0.2, 0.25) is 0 Å². The van der Waals surface area contributed by atoms with Gasteiger partial charge in [0.15, 0.2) is 12.6 Å². The number of benzene rings is 1. The monoisotopic (exact) mass is 785 g/mol. The van der Waals surface area contributed by atoms with Crippen LogP contribution in [0.5, 0.6) is 0 Å². The van der Waals surface area contributed by atoms with E-state index in [1.165, 1.54) is 13.8 Å². The zero-order valence-electron chi connectivity index (χ0n) is 30.9. The lowest BCUT2D eigenvalue weighted by atomic mass is 10.0. The average Bonchev–Trinajstić information content (AvgIpc) is 3.15. The summed E-state index contributed by atoms with van der Waals surface area (Å²) in [4.78, 5) is 64.5. The fourth-order valence-electron chi connectivity index (χ4n) is 5.70. The van der Waals surface area contributed by atoms with E-state index in [0.29, 0.717) is 0 Å². The Morgan fingerprint density at radius 3 is 1.67 bits per heavy atom. The number of amides is 5. The molecule has 3 rings (SSSR count). The van der Waals surface area contributed by atoms with Crippen LogP contribution in [0.3, 0.4) is 0 Å². The van der Waals surface area contributed by atoms with Gasteiger partial charge in [-0.2, -0.15) is 0 Å². The summed E-state index contributed by atoms with van der Waals surface area (Å²) in [6, 6.07) is 8.13. The van der Waals surface area contributed by atoms with Crippen LogP contribution in [0.25, 0.3) is 0 Å². The highest BCUT2D eigenvalue weighted by molar-refractivity contribution is 5.97. The highest BCUT2D eigenvalue weighted by atomic mass is 16.7. The van der Waals surface area contributed by atoms with Crippen molar-refractivity contribution >= 4 is 29.5 Å². The molecule has 1 aromatic carbocycles. The quantitative estimate of drug-likeness (QED) is 0.0557. The van der Waals surface area contributed by atoms with Crippen molar-refractivity contribution in [2.45, 2.75) is 113 Å². The second-order valence-corrected chi connectivity index (χ2v) is 13.5. The summed E-state index contributed by atoms with van der Waals surface area (Å²) in [5.41, 5.74) is 6.76. The number of hydrogen-bond acceptors (Lipinski definition) is 16. The highest BCUT2D eigenvalue weighted by Gasteiger charge is 2.43. The number of hydrogen-bond donors (Lipinski definition) is 10. The predicted molar refractivity (Wildman–Crippen MR) is 189 cm³/mol. The van der Waals surface area contributed by atoms with E-state index >= 15 is 0 Å². The largest absolute Gasteiger partial charge is 0.388 e. The zero-order valence-corrected chi connectivity index (χ0v) is 30.9. The van der Waals surface area contributed by atoms with Gasteiger partial charge in [0.1, 0.15) is 49.7 Å². The molecule has 0 bridgehead atoms. The number of unbranched alkanes of at least 4 members (excludes halogenated alkanes) is 1. The minimum absolute atomic E-state index is 0.0829. The molecule has 2 fully saturated rings. The molecule has 310 valence electrons. The van der Waals surface area contributed by atoms with Gasteiger partial charge in [0.25, 0.3) is 0 Å². The van der Waals surface area contributed by atoms with Crippen molar-refractivity contribution in [1.29, 1.82) is 0 Å². The minimum atomic E-state index is -1.54. The maximum absolute atomic E-state index is 13.2. The Morgan fingerprint density at radius 1 is 0.709 bits per heavy atom. The number of rotatable bonds is 20. The number of aliphatic hydroxyl groups is 6. The molecule has 11 atom stereocenters. The van der Waals surface area contributed by atoms with Gasteiger partial charge in [-0.3, -0.25) is 29.3 Å². The van der Waals surface area contributed by atoms with Crippen LogP contribution >= 0.6 is 0 Å². The molecule has 11 N–H and O–H groups in total. The SMILES string of the molecule is C[C@@H]1O[C@@H](OCCNC(=O)CN(CC(=O)NCCO[C@@H]2O[C@@H](C)[C@@H](O)[C@@H](O)[C@@H]2O)C(=O)CCCCC(=O)NC(=O)[C@@H](N)Cc2ccccc2)[C@@H](O)[C@H](O)[C@@H]1O. The van der Waals surface area contributed by atoms with Crippen LogP contribution in [-0.4, -0.2) is 172 Å². The Bertz CT molecular complexity index is 1340. The number of carbonyl (C=O) groups excluding carboxylic acids is 5. The molecule has 0 spiro atoms. The molecule has 2 heterocycles. The van der Waals surface area contributed by atoms with Crippen molar-refractivity contribution in [1.82, 2.24) is 20.9 Å². The van der Waals surface area contributed by atoms with Gasteiger partial charge in [-0.25, -0.2) is 0 Å². The fourth-order valence-corrected chi connectivity index (χ4v) is 5.70. The van der Waals surface area contributed by atoms with Gasteiger partial charge in [-0.1, -0.05) is 30.3 Å². The number of nitrogens with one attached hydrogen (secondary N) is 3. The van der Waals surface area contributed by atoms with Crippen molar-refractivity contribution < 1.29 is 73.6 Å². The highest BCUT2D eigenvalue weighted by Crippen LogP contribution is 2.22. The van der Waals surface area contributed by atoms with Crippen molar-refractivity contribution in [2.75, 3.05) is 39.4 Å². The van der Waals surface area contributed by atoms with Gasteiger partial charge >= 0.3 is 0 Å². The third kappa shape index (κ3) is 14.7. The minimum Gasteiger partial charge on any atom is -0.388 e. The molecular weight excluding hydrogens is 730 g/mol. The summed E-state index contributed by atoms with van der Waals surface area (Å²) >= 11 is 0. The lowest BCUT2D eigenvalue weighted by Gasteiger charge is -2.38. The van der Waals surface area contributed by atoms with Gasteiger partial charge < -0.3 is 70.9 Å². The number of imide groups is 1. The third-order valence-electron chi connectivity index (χ3n) is 8.99. The first-order valence-electron chi connectivity index (χ1n) is 18.2. The smallest absolute Gasteiger partial charge is 0.243 e. The standard InChI is InChI=1S/C35H55N5O15/c1-19-27(45)29(47)31(49)34(54-19)52-14-12-37-24(42)17-40(18-25(43)38-13-15-53-35-32(50)30(48)28(46)20(2)55-35)26(44)11-7-6-10-23(41)39-33(51)22(36)16-21-8-4-3-5-9-21/h3-5,8-9,19-20,22,27-32,34-35,45-50H,6-7,10-18,36H2,1-2H3,(H,37,42)(H,38,43)(H,39,41,51)/t19-,20-,22-,27+,28+,29+,30+,31-,32-,34+,35+/m0/s1. The van der Waals surface area contributed by atoms with E-state index < -0.39 is 110 Å². The third-order valence-corrected chi connectivity index (χ3v) is 8.99. The predicted octanol–water partition coefficient (Wildman–Crippen LogP) is -4.49. The summed E-state index contributed by atoms with van der Waals surface area (Å²) in [6.45, 7) is 1.34. The summed E-state index contributed by atoms with van der Waals surface area (Å²) in [5, 5.41) is 67.0. The second-order valence-electron chi connectivity index (χ2n) is 13.5. The molecule has 2 saturated heterocycles. The molecule has 0 saturated carbocycles. The van der Waals surface area contributed by atoms with Crippen LogP contribution in [-0.2, 0) is 49.3 Å². The molecule has 0 radical (unpaired) electrons. The van der Waals surface area contributed by atoms with Gasteiger partial charge in [0.05, 0.1) is 31.5 Å². The molecule has 20 heteroatoms. The Morgan fingerprint density at radius 2 is 1.18 bits per heavy atom. The molecule has 0 aliphatic carbocycles. The molecule has 5 amide bonds. The van der Waals surface area contributed by atoms with Gasteiger partial charge in [-0.15, -0.1) is 0 Å². The number of ether oxygens (including phenoxy) is 4. The number of aliphatic hydroxyl groups excluding tert-OH is 6. The average molecular weight is 786 g/mol. The topological polar surface area (TPSA) is 309 Å². The first kappa shape index (κ1) is 45.7. The first-order valence-corrected chi connectivity index (χ1v) is 18.2. The summed E-state index contributed by atoms with van der Waals surface area (Å²) < 4.78 is 21.5. The van der Waals surface area contributed by atoms with E-state index in [1.807, 2.05) is 30.3 Å². The van der Waals surface area contributed by atoms with Crippen molar-refractivity contribution in [2.24, 2.45) is 5.73 Å². The molecule has 2 aliphatic heterocycles. The first-order chi connectivity index (χ1) is 26.1. The maximum atomic E-state index is 13.2. The van der Waals surface area contributed by atoms with Crippen LogP contribution in [0.4, 0.5) is 0 Å². The molecular formula is C35H55N5O15. The maximum Gasteiger partial charge on any atom is 0.243 e. The molecule has 0 aromatic heterocycles. The van der Waals surface area contributed by atoms with E-state index in [4.69, 9.17) is 24.7 Å². The van der Waals surface area contributed by atoms with Crippen molar-refractivity contribution in [3.8, 4) is 0 Å². The normalized spacial score (nSPS) is 28.5. The molecule has 2 aliphatic rings. The van der Waals surface area contributed by atoms with Crippen molar-refractivity contribution in [3.05, 3.63) is 35.9 Å². The Hall–Kier alpha value is -3.67. The second kappa shape index (κ2) is 22.8. The van der Waals surface area contributed by atoms with E-state index in [0.717, 1.165) is 10.5 Å². The summed E-state index contributed by atoms with van der Waals surface area (Å²) in [5.74, 6) is -3.11. The van der Waals surface area contributed by atoms with Gasteiger partial charge in [0, 0.05) is 25.9 Å². The van der Waals surface area contributed by atoms with Gasteiger partial charge in [-0.05, 0) is 38.7 Å². The van der Waals surface area contributed by atoms with Crippen LogP contribution in [0.15, 0.2) is 30.3 Å². The van der Waals surface area contributed by atoms with Crippen LogP contribution in [0, 0.1) is 0 Å². The number of nitrogens with two attached hydrogens (primary N) is 1. The number of nitrogens with zero attached hydrogens (tertiary/aromatic N) is 1. The lowest BCUT2D eigenvalue weighted by molar-refractivity contribution is -0.292. The van der Waals surface area contributed by atoms with Crippen molar-refractivity contribution in [3.63, 3.8) is 0 Å². The summed E-state index contributed by atoms with van der Waals surface area (Å²) in [7, 11) is 0. The molecule has 55 heavy (non-hydrogen) atoms. The Labute approximate surface area is 318 Å². The zero-order chi connectivity index (χ0) is 40.7. The van der Waals surface area contributed by atoms with Crippen LogP contribution < -0.4 is 21.7 Å². The number of carbonyl (C=O) groups is 5. The van der Waals surface area contributed by atoms with Crippen LogP contribution in [0.1, 0.15) is 45.1 Å². The summed E-state index contributed by atoms with van der Waals surface area (Å²) in [6.07, 6.45) is -12.5.